The number of rotatable bonds is 13. The van der Waals surface area contributed by atoms with Crippen LogP contribution in [0.3, 0.4) is 0 Å². The van der Waals surface area contributed by atoms with Gasteiger partial charge in [-0.25, -0.2) is 23.5 Å². The first-order valence-electron chi connectivity index (χ1n) is 18.4. The molecule has 3 amide bonds. The highest BCUT2D eigenvalue weighted by Gasteiger charge is 2.32. The van der Waals surface area contributed by atoms with Gasteiger partial charge in [-0.1, -0.05) is 34.6 Å². The summed E-state index contributed by atoms with van der Waals surface area (Å²) in [4.78, 5) is 57.1. The zero-order valence-electron chi connectivity index (χ0n) is 31.5. The summed E-state index contributed by atoms with van der Waals surface area (Å²) in [5.74, 6) is -0.533. The van der Waals surface area contributed by atoms with Crippen molar-refractivity contribution in [2.45, 2.75) is 78.9 Å². The molecule has 3 N–H and O–H groups in total. The van der Waals surface area contributed by atoms with E-state index in [9.17, 15) is 14.4 Å². The summed E-state index contributed by atoms with van der Waals surface area (Å²) in [6.07, 6.45) is 5.42. The monoisotopic (exact) mass is 743 g/mol. The Labute approximate surface area is 312 Å². The molecule has 0 bridgehead atoms. The molecule has 1 saturated heterocycles. The van der Waals surface area contributed by atoms with Crippen molar-refractivity contribution in [2.24, 2.45) is 11.8 Å². The van der Waals surface area contributed by atoms with Crippen molar-refractivity contribution in [3.8, 4) is 33.8 Å². The van der Waals surface area contributed by atoms with Crippen molar-refractivity contribution in [1.82, 2.24) is 35.1 Å². The first kappa shape index (κ1) is 38.2. The lowest BCUT2D eigenvalue weighted by molar-refractivity contribution is -0.135. The number of alkyl carbamates (subject to hydrolysis) is 1. The Balaban J connectivity index is 1.19. The third-order valence-corrected chi connectivity index (χ3v) is 9.66. The number of nitrogens with zero attached hydrogens (tertiary/aromatic N) is 4. The fourth-order valence-electron chi connectivity index (χ4n) is 6.97. The van der Waals surface area contributed by atoms with E-state index in [-0.39, 0.29) is 53.1 Å². The molecule has 5 aromatic rings. The highest BCUT2D eigenvalue weighted by Crippen LogP contribution is 2.37. The van der Waals surface area contributed by atoms with Gasteiger partial charge in [-0.15, -0.1) is 0 Å². The molecule has 1 aliphatic rings. The van der Waals surface area contributed by atoms with Crippen molar-refractivity contribution in [3.05, 3.63) is 72.1 Å². The summed E-state index contributed by atoms with van der Waals surface area (Å²) in [6, 6.07) is 8.59. The van der Waals surface area contributed by atoms with Crippen LogP contribution >= 0.6 is 0 Å². The number of hydrogen-bond donors (Lipinski definition) is 3. The molecule has 1 aliphatic heterocycles. The van der Waals surface area contributed by atoms with Crippen LogP contribution < -0.4 is 5.32 Å². The number of likely N-dealkylation sites (tertiary alicyclic amines) is 1. The number of aromatic nitrogens is 4. The van der Waals surface area contributed by atoms with Crippen LogP contribution in [0.15, 0.2) is 53.2 Å². The lowest BCUT2D eigenvalue weighted by atomic mass is 10.0. The third kappa shape index (κ3) is 8.17. The van der Waals surface area contributed by atoms with Gasteiger partial charge in [-0.3, -0.25) is 9.59 Å². The third-order valence-electron chi connectivity index (χ3n) is 9.66. The Bertz CT molecular complexity index is 2110. The fraction of sp³-hybridized carbons (Fsp3) is 0.425. The minimum atomic E-state index is -0.816. The van der Waals surface area contributed by atoms with Gasteiger partial charge < -0.3 is 34.2 Å². The number of carbonyl (C=O) groups is 3. The summed E-state index contributed by atoms with van der Waals surface area (Å²) in [7, 11) is 1.23. The molecule has 2 atom stereocenters. The Morgan fingerprint density at radius 2 is 1.74 bits per heavy atom. The van der Waals surface area contributed by atoms with Crippen LogP contribution in [0.1, 0.15) is 78.0 Å². The van der Waals surface area contributed by atoms with Gasteiger partial charge >= 0.3 is 6.09 Å². The van der Waals surface area contributed by atoms with Gasteiger partial charge in [-0.05, 0) is 67.5 Å². The van der Waals surface area contributed by atoms with E-state index in [1.807, 2.05) is 51.7 Å². The van der Waals surface area contributed by atoms with Crippen LogP contribution in [0, 0.1) is 23.5 Å². The SMILES string of the molecule is CCCN(Cc1ncc(-c2cc(F)c(-c3cc4cc(-c5cnc([C@@H]6CCCN6C(=O)CC(C)C)[nH]5)ccc4o3)c(F)c2)[nH]1)C(=O)[C@@H](NC(=O)OC)C(C)C. The summed E-state index contributed by atoms with van der Waals surface area (Å²) < 4.78 is 42.0. The second-order valence-corrected chi connectivity index (χ2v) is 14.6. The van der Waals surface area contributed by atoms with Crippen LogP contribution in [-0.2, 0) is 20.9 Å². The van der Waals surface area contributed by atoms with Crippen molar-refractivity contribution < 1.29 is 32.3 Å². The number of nitrogens with one attached hydrogen (secondary N) is 3. The van der Waals surface area contributed by atoms with Crippen molar-refractivity contribution in [1.29, 1.82) is 0 Å². The number of fused-ring (bicyclic) bond motifs is 1. The predicted molar refractivity (Wildman–Crippen MR) is 200 cm³/mol. The highest BCUT2D eigenvalue weighted by molar-refractivity contribution is 5.88. The predicted octanol–water partition coefficient (Wildman–Crippen LogP) is 7.99. The molecular weight excluding hydrogens is 696 g/mol. The van der Waals surface area contributed by atoms with Gasteiger partial charge in [-0.2, -0.15) is 0 Å². The van der Waals surface area contributed by atoms with E-state index < -0.39 is 23.8 Å². The maximum Gasteiger partial charge on any atom is 0.407 e. The molecule has 0 aliphatic carbocycles. The van der Waals surface area contributed by atoms with Gasteiger partial charge in [0.1, 0.15) is 40.7 Å². The molecule has 3 aromatic heterocycles. The van der Waals surface area contributed by atoms with Crippen LogP contribution in [0.25, 0.3) is 44.8 Å². The number of benzene rings is 2. The van der Waals surface area contributed by atoms with E-state index in [0.717, 1.165) is 29.9 Å². The number of amides is 3. The number of carbonyl (C=O) groups excluding carboxylic acids is 3. The Morgan fingerprint density at radius 3 is 2.43 bits per heavy atom. The van der Waals surface area contributed by atoms with E-state index in [1.54, 1.807) is 23.2 Å². The maximum absolute atomic E-state index is 15.7. The number of methoxy groups -OCH3 is 1. The van der Waals surface area contributed by atoms with Gasteiger partial charge in [0.2, 0.25) is 11.8 Å². The van der Waals surface area contributed by atoms with Crippen molar-refractivity contribution in [3.63, 3.8) is 0 Å². The van der Waals surface area contributed by atoms with Gasteiger partial charge in [0, 0.05) is 36.0 Å². The van der Waals surface area contributed by atoms with Crippen LogP contribution in [0.5, 0.6) is 0 Å². The van der Waals surface area contributed by atoms with Gasteiger partial charge in [0.15, 0.2) is 0 Å². The Hall–Kier alpha value is -5.53. The fourth-order valence-corrected chi connectivity index (χ4v) is 6.97. The molecular formula is C40H47F2N7O5. The normalized spacial score (nSPS) is 15.0. The largest absolute Gasteiger partial charge is 0.456 e. The standard InChI is InChI=1S/C40H47F2N7O5/c1-7-12-48(39(51)37(23(4)5)47-40(52)53-6)21-34-43-19-30(45-34)25-16-27(41)36(28(42)17-25)33-18-26-15-24(10-11-32(26)54-33)29-20-44-38(46-29)31-9-8-13-49(31)35(50)14-22(2)3/h10-11,15-20,22-23,31,37H,7-9,12-14,21H2,1-6H3,(H,43,45)(H,44,46)(H,47,52)/t31-,37-/m0/s1. The summed E-state index contributed by atoms with van der Waals surface area (Å²) in [5.41, 5.74) is 2.33. The summed E-state index contributed by atoms with van der Waals surface area (Å²) in [5, 5.41) is 3.26. The minimum Gasteiger partial charge on any atom is -0.456 e. The van der Waals surface area contributed by atoms with E-state index in [2.05, 4.69) is 25.3 Å². The lowest BCUT2D eigenvalue weighted by Gasteiger charge is -2.28. The average molecular weight is 744 g/mol. The average Bonchev–Trinajstić information content (AvgIpc) is 3.95. The van der Waals surface area contributed by atoms with Crippen LogP contribution in [0.4, 0.5) is 13.6 Å². The second kappa shape index (κ2) is 16.2. The number of H-pyrrole nitrogens is 2. The van der Waals surface area contributed by atoms with E-state index in [4.69, 9.17) is 9.15 Å². The van der Waals surface area contributed by atoms with Crippen molar-refractivity contribution in [2.75, 3.05) is 20.2 Å². The van der Waals surface area contributed by atoms with E-state index in [1.165, 1.54) is 25.4 Å². The Morgan fingerprint density at radius 1 is 1.02 bits per heavy atom. The molecule has 14 heteroatoms. The molecule has 0 spiro atoms. The first-order chi connectivity index (χ1) is 25.9. The zero-order chi connectivity index (χ0) is 38.7. The van der Waals surface area contributed by atoms with E-state index in [0.29, 0.717) is 48.4 Å². The minimum absolute atomic E-state index is 0.0403. The van der Waals surface area contributed by atoms with Crippen molar-refractivity contribution >= 4 is 28.9 Å². The van der Waals surface area contributed by atoms with Crippen LogP contribution in [-0.4, -0.2) is 73.9 Å². The number of furan rings is 1. The second-order valence-electron chi connectivity index (χ2n) is 14.6. The number of imidazole rings is 2. The topological polar surface area (TPSA) is 149 Å². The first-order valence-corrected chi connectivity index (χ1v) is 18.4. The van der Waals surface area contributed by atoms with Gasteiger partial charge in [0.05, 0.1) is 49.0 Å². The zero-order valence-corrected chi connectivity index (χ0v) is 31.5. The molecule has 2 aromatic carbocycles. The lowest BCUT2D eigenvalue weighted by Crippen LogP contribution is -2.51. The maximum atomic E-state index is 15.7. The summed E-state index contributed by atoms with van der Waals surface area (Å²) in [6.45, 7) is 10.9. The smallest absolute Gasteiger partial charge is 0.407 e. The molecule has 286 valence electrons. The molecule has 12 nitrogen and oxygen atoms in total. The molecule has 4 heterocycles. The molecule has 0 radical (unpaired) electrons. The molecule has 0 saturated carbocycles. The number of hydrogen-bond acceptors (Lipinski definition) is 7. The highest BCUT2D eigenvalue weighted by atomic mass is 19.1. The molecule has 54 heavy (non-hydrogen) atoms. The van der Waals surface area contributed by atoms with Crippen LogP contribution in [0.2, 0.25) is 0 Å². The molecule has 1 fully saturated rings. The number of ether oxygens (including phenoxy) is 1. The quantitative estimate of drug-likeness (QED) is 0.111. The number of aromatic amines is 2. The van der Waals surface area contributed by atoms with E-state index >= 15 is 8.78 Å². The van der Waals surface area contributed by atoms with Gasteiger partial charge in [0.25, 0.3) is 0 Å². The molecule has 0 unspecified atom stereocenters. The molecule has 6 rings (SSSR count). The summed E-state index contributed by atoms with van der Waals surface area (Å²) >= 11 is 0. The number of halogens is 2. The Kier molecular flexibility index (Phi) is 11.5.